The van der Waals surface area contributed by atoms with Crippen molar-refractivity contribution in [2.24, 2.45) is 17.6 Å². The molecule has 1 rings (SSSR count). The molecule has 130 valence electrons. The summed E-state index contributed by atoms with van der Waals surface area (Å²) in [5.41, 5.74) is 6.13. The lowest BCUT2D eigenvalue weighted by Crippen LogP contribution is -2.33. The normalized spacial score (nSPS) is 24.1. The van der Waals surface area contributed by atoms with Gasteiger partial charge in [0.05, 0.1) is 0 Å². The standard InChI is InChI=1S/C14H22NO7P/c1-3-12(22-23(19,20)21)6-9-4-11(16)5-10(8(9)2)7-13(15)14(17)18/h5-6,8-9,13H,3-4,7,15H2,1-2H3,(H,17,18)(H2,19,20,21)/b12-6+/t8?,9?,13-/m1/s1. The number of carbonyl (C=O) groups is 2. The van der Waals surface area contributed by atoms with Gasteiger partial charge in [0.15, 0.2) is 5.78 Å². The number of phosphoric acid groups is 1. The van der Waals surface area contributed by atoms with E-state index in [0.717, 1.165) is 0 Å². The van der Waals surface area contributed by atoms with Gasteiger partial charge in [-0.05, 0) is 30.4 Å². The lowest BCUT2D eigenvalue weighted by atomic mass is 9.76. The van der Waals surface area contributed by atoms with Crippen LogP contribution in [0.15, 0.2) is 23.5 Å². The molecule has 3 atom stereocenters. The second-order valence-corrected chi connectivity index (χ2v) is 6.72. The molecule has 0 aromatic rings. The van der Waals surface area contributed by atoms with Crippen LogP contribution in [0.25, 0.3) is 0 Å². The molecule has 0 aromatic carbocycles. The first-order chi connectivity index (χ1) is 10.5. The summed E-state index contributed by atoms with van der Waals surface area (Å²) in [6.45, 7) is 3.49. The predicted octanol–water partition coefficient (Wildman–Crippen LogP) is 1.34. The molecule has 0 radical (unpaired) electrons. The molecule has 0 aromatic heterocycles. The fourth-order valence-electron chi connectivity index (χ4n) is 2.47. The largest absolute Gasteiger partial charge is 0.524 e. The molecule has 1 aliphatic rings. The predicted molar refractivity (Wildman–Crippen MR) is 82.1 cm³/mol. The molecule has 1 aliphatic carbocycles. The maximum absolute atomic E-state index is 11.8. The van der Waals surface area contributed by atoms with Gasteiger partial charge in [0.1, 0.15) is 11.8 Å². The minimum Gasteiger partial charge on any atom is -0.480 e. The highest BCUT2D eigenvalue weighted by Gasteiger charge is 2.30. The summed E-state index contributed by atoms with van der Waals surface area (Å²) in [5, 5.41) is 8.89. The van der Waals surface area contributed by atoms with E-state index in [9.17, 15) is 14.2 Å². The molecule has 0 aliphatic heterocycles. The van der Waals surface area contributed by atoms with E-state index in [2.05, 4.69) is 4.52 Å². The Morgan fingerprint density at radius 1 is 1.57 bits per heavy atom. The van der Waals surface area contributed by atoms with E-state index < -0.39 is 19.8 Å². The molecule has 0 amide bonds. The molecule has 0 spiro atoms. The van der Waals surface area contributed by atoms with Crippen LogP contribution in [0.5, 0.6) is 0 Å². The summed E-state index contributed by atoms with van der Waals surface area (Å²) >= 11 is 0. The van der Waals surface area contributed by atoms with Crippen LogP contribution in [0, 0.1) is 11.8 Å². The van der Waals surface area contributed by atoms with Crippen molar-refractivity contribution in [1.29, 1.82) is 0 Å². The van der Waals surface area contributed by atoms with E-state index in [-0.39, 0.29) is 42.6 Å². The van der Waals surface area contributed by atoms with Gasteiger partial charge in [-0.25, -0.2) is 4.57 Å². The number of rotatable bonds is 7. The van der Waals surface area contributed by atoms with Crippen molar-refractivity contribution in [3.05, 3.63) is 23.5 Å². The van der Waals surface area contributed by atoms with Gasteiger partial charge in [-0.15, -0.1) is 0 Å². The molecular weight excluding hydrogens is 325 g/mol. The minimum absolute atomic E-state index is 0.0490. The second-order valence-electron chi connectivity index (χ2n) is 5.56. The van der Waals surface area contributed by atoms with Gasteiger partial charge in [0.2, 0.25) is 0 Å². The Labute approximate surface area is 134 Å². The highest BCUT2D eigenvalue weighted by atomic mass is 31.2. The van der Waals surface area contributed by atoms with Gasteiger partial charge in [0, 0.05) is 12.8 Å². The van der Waals surface area contributed by atoms with E-state index >= 15 is 0 Å². The van der Waals surface area contributed by atoms with Crippen LogP contribution in [0.2, 0.25) is 0 Å². The van der Waals surface area contributed by atoms with Crippen LogP contribution >= 0.6 is 7.82 Å². The van der Waals surface area contributed by atoms with Gasteiger partial charge < -0.3 is 15.4 Å². The average molecular weight is 347 g/mol. The zero-order valence-electron chi connectivity index (χ0n) is 13.0. The van der Waals surface area contributed by atoms with Crippen molar-refractivity contribution in [2.75, 3.05) is 0 Å². The molecule has 8 nitrogen and oxygen atoms in total. The van der Waals surface area contributed by atoms with Gasteiger partial charge in [0.25, 0.3) is 0 Å². The van der Waals surface area contributed by atoms with Gasteiger partial charge in [-0.2, -0.15) is 0 Å². The van der Waals surface area contributed by atoms with Crippen molar-refractivity contribution < 1.29 is 33.6 Å². The van der Waals surface area contributed by atoms with Gasteiger partial charge in [-0.3, -0.25) is 19.4 Å². The van der Waals surface area contributed by atoms with Crippen LogP contribution in [0.1, 0.15) is 33.1 Å². The highest BCUT2D eigenvalue weighted by Crippen LogP contribution is 2.41. The van der Waals surface area contributed by atoms with Crippen molar-refractivity contribution in [1.82, 2.24) is 0 Å². The summed E-state index contributed by atoms with van der Waals surface area (Å²) in [5.74, 6) is -1.73. The Hall–Kier alpha value is -1.47. The van der Waals surface area contributed by atoms with E-state index in [1.807, 2.05) is 6.92 Å². The number of hydrogen-bond acceptors (Lipinski definition) is 5. The summed E-state index contributed by atoms with van der Waals surface area (Å²) < 4.78 is 15.6. The number of carboxylic acids is 1. The summed E-state index contributed by atoms with van der Waals surface area (Å²) in [4.78, 5) is 40.5. The highest BCUT2D eigenvalue weighted by molar-refractivity contribution is 7.46. The fourth-order valence-corrected chi connectivity index (χ4v) is 2.97. The molecule has 0 heterocycles. The fraction of sp³-hybridized carbons (Fsp3) is 0.571. The van der Waals surface area contributed by atoms with Crippen LogP contribution in [0.4, 0.5) is 0 Å². The Kier molecular flexibility index (Phi) is 6.70. The minimum atomic E-state index is -4.66. The van der Waals surface area contributed by atoms with Crippen molar-refractivity contribution in [3.8, 4) is 0 Å². The number of phosphoric ester groups is 1. The molecule has 0 bridgehead atoms. The maximum Gasteiger partial charge on any atom is 0.524 e. The lowest BCUT2D eigenvalue weighted by Gasteiger charge is -2.28. The number of nitrogens with two attached hydrogens (primary N) is 1. The van der Waals surface area contributed by atoms with Crippen LogP contribution in [-0.4, -0.2) is 32.7 Å². The Morgan fingerprint density at radius 2 is 2.17 bits per heavy atom. The summed E-state index contributed by atoms with van der Waals surface area (Å²) in [7, 11) is -4.66. The zero-order valence-corrected chi connectivity index (χ0v) is 13.9. The number of hydrogen-bond donors (Lipinski definition) is 4. The first-order valence-corrected chi connectivity index (χ1v) is 8.74. The Balaban J connectivity index is 2.97. The number of carboxylic acid groups (broad SMARTS) is 1. The van der Waals surface area contributed by atoms with Gasteiger partial charge >= 0.3 is 13.8 Å². The second kappa shape index (κ2) is 7.88. The van der Waals surface area contributed by atoms with Crippen LogP contribution in [0.3, 0.4) is 0 Å². The van der Waals surface area contributed by atoms with Gasteiger partial charge in [-0.1, -0.05) is 19.4 Å². The first-order valence-electron chi connectivity index (χ1n) is 7.21. The van der Waals surface area contributed by atoms with Crippen molar-refractivity contribution in [2.45, 2.75) is 39.2 Å². The molecule has 0 saturated heterocycles. The third kappa shape index (κ3) is 6.27. The molecule has 0 fully saturated rings. The molecule has 0 saturated carbocycles. The third-order valence-electron chi connectivity index (χ3n) is 3.77. The molecule has 23 heavy (non-hydrogen) atoms. The van der Waals surface area contributed by atoms with Crippen molar-refractivity contribution in [3.63, 3.8) is 0 Å². The Morgan fingerprint density at radius 3 is 2.65 bits per heavy atom. The third-order valence-corrected chi connectivity index (χ3v) is 4.24. The van der Waals surface area contributed by atoms with E-state index in [0.29, 0.717) is 5.57 Å². The quantitative estimate of drug-likeness (QED) is 0.398. The number of allylic oxidation sites excluding steroid dienone is 3. The average Bonchev–Trinajstić information content (AvgIpc) is 2.41. The number of aliphatic carboxylic acids is 1. The van der Waals surface area contributed by atoms with E-state index in [1.54, 1.807) is 6.92 Å². The molecule has 9 heteroatoms. The summed E-state index contributed by atoms with van der Waals surface area (Å²) in [6, 6.07) is -1.10. The van der Waals surface area contributed by atoms with E-state index in [4.69, 9.17) is 20.6 Å². The van der Waals surface area contributed by atoms with E-state index in [1.165, 1.54) is 12.2 Å². The topological polar surface area (TPSA) is 147 Å². The maximum atomic E-state index is 11.8. The molecule has 5 N–H and O–H groups in total. The number of ketones is 1. The first kappa shape index (κ1) is 19.6. The SMILES string of the molecule is CC/C(=C\C1CC(=O)C=C(C[C@@H](N)C(=O)O)C1C)OP(=O)(O)O. The molecular formula is C14H22NO7P. The van der Waals surface area contributed by atoms with Crippen LogP contribution in [-0.2, 0) is 18.7 Å². The van der Waals surface area contributed by atoms with Crippen LogP contribution < -0.4 is 5.73 Å². The molecule has 2 unspecified atom stereocenters. The summed E-state index contributed by atoms with van der Waals surface area (Å²) in [6.07, 6.45) is 3.42. The van der Waals surface area contributed by atoms with Crippen molar-refractivity contribution >= 4 is 19.6 Å². The number of carbonyl (C=O) groups excluding carboxylic acids is 1. The lowest BCUT2D eigenvalue weighted by molar-refractivity contribution is -0.138. The Bertz CT molecular complexity index is 578. The smallest absolute Gasteiger partial charge is 0.480 e. The zero-order chi connectivity index (χ0) is 17.8. The monoisotopic (exact) mass is 347 g/mol.